The molecule has 0 aromatic heterocycles. The number of rotatable bonds is 4. The van der Waals surface area contributed by atoms with Crippen molar-refractivity contribution in [2.45, 2.75) is 32.4 Å². The lowest BCUT2D eigenvalue weighted by Gasteiger charge is -2.37. The summed E-state index contributed by atoms with van der Waals surface area (Å²) in [7, 11) is 0. The fourth-order valence-electron chi connectivity index (χ4n) is 4.55. The van der Waals surface area contributed by atoms with Crippen LogP contribution in [-0.4, -0.2) is 24.9 Å². The summed E-state index contributed by atoms with van der Waals surface area (Å²) in [6.07, 6.45) is -4.08. The van der Waals surface area contributed by atoms with Crippen LogP contribution in [0.5, 0.6) is 0 Å². The quantitative estimate of drug-likeness (QED) is 0.393. The summed E-state index contributed by atoms with van der Waals surface area (Å²) < 4.78 is 38.8. The van der Waals surface area contributed by atoms with Crippen LogP contribution >= 0.6 is 11.6 Å². The van der Waals surface area contributed by atoms with Gasteiger partial charge in [0.1, 0.15) is 0 Å². The lowest BCUT2D eigenvalue weighted by Crippen LogP contribution is -2.42. The van der Waals surface area contributed by atoms with E-state index in [2.05, 4.69) is 0 Å². The Balaban J connectivity index is 1.67. The molecule has 1 atom stereocenters. The molecule has 0 aliphatic carbocycles. The third-order valence-electron chi connectivity index (χ3n) is 6.28. The first-order valence-electron chi connectivity index (χ1n) is 11.3. The van der Waals surface area contributed by atoms with Crippen molar-refractivity contribution in [2.24, 2.45) is 0 Å². The molecule has 0 radical (unpaired) electrons. The van der Waals surface area contributed by atoms with E-state index in [4.69, 9.17) is 11.6 Å². The summed E-state index contributed by atoms with van der Waals surface area (Å²) in [5, 5.41) is 0.577. The number of aryl methyl sites for hydroxylation is 1. The second-order valence-corrected chi connectivity index (χ2v) is 8.88. The van der Waals surface area contributed by atoms with Crippen molar-refractivity contribution >= 4 is 34.8 Å². The zero-order chi connectivity index (χ0) is 25.3. The first-order valence-corrected chi connectivity index (χ1v) is 11.6. The smallest absolute Gasteiger partial charge is 0.312 e. The first-order chi connectivity index (χ1) is 16.6. The van der Waals surface area contributed by atoms with Crippen LogP contribution in [0, 0.1) is 6.92 Å². The normalized spacial score (nSPS) is 15.5. The molecule has 0 saturated heterocycles. The largest absolute Gasteiger partial charge is 0.416 e. The number of likely N-dealkylation sites (N-methyl/N-ethyl adjacent to an activating group) is 1. The minimum absolute atomic E-state index is 0.0803. The predicted molar refractivity (Wildman–Crippen MR) is 131 cm³/mol. The summed E-state index contributed by atoms with van der Waals surface area (Å²) in [4.78, 5) is 30.2. The highest BCUT2D eigenvalue weighted by molar-refractivity contribution is 6.30. The van der Waals surface area contributed by atoms with Gasteiger partial charge in [-0.2, -0.15) is 13.2 Å². The molecule has 0 N–H and O–H groups in total. The van der Waals surface area contributed by atoms with Gasteiger partial charge in [0.2, 0.25) is 5.91 Å². The van der Waals surface area contributed by atoms with Crippen molar-refractivity contribution in [3.05, 3.63) is 94.0 Å². The Labute approximate surface area is 206 Å². The summed E-state index contributed by atoms with van der Waals surface area (Å²) >= 11 is 6.00. The van der Waals surface area contributed by atoms with Gasteiger partial charge in [-0.1, -0.05) is 29.8 Å². The van der Waals surface area contributed by atoms with Crippen molar-refractivity contribution < 1.29 is 22.8 Å². The number of alkyl halides is 3. The number of benzene rings is 3. The Morgan fingerprint density at radius 1 is 1.03 bits per heavy atom. The molecule has 0 saturated carbocycles. The van der Waals surface area contributed by atoms with Crippen LogP contribution in [0.1, 0.15) is 46.3 Å². The monoisotopic (exact) mass is 500 g/mol. The van der Waals surface area contributed by atoms with E-state index in [9.17, 15) is 22.8 Å². The number of carbonyl (C=O) groups is 2. The summed E-state index contributed by atoms with van der Waals surface area (Å²) in [6, 6.07) is 16.8. The number of carbonyl (C=O) groups excluding carboxylic acids is 2. The molecule has 4 nitrogen and oxygen atoms in total. The molecule has 35 heavy (non-hydrogen) atoms. The van der Waals surface area contributed by atoms with Crippen molar-refractivity contribution in [2.75, 3.05) is 22.9 Å². The van der Waals surface area contributed by atoms with Gasteiger partial charge in [0.25, 0.3) is 5.91 Å². The maximum atomic E-state index is 13.6. The van der Waals surface area contributed by atoms with Gasteiger partial charge >= 0.3 is 6.18 Å². The Kier molecular flexibility index (Phi) is 6.90. The van der Waals surface area contributed by atoms with E-state index in [0.717, 1.165) is 28.9 Å². The third kappa shape index (κ3) is 4.91. The van der Waals surface area contributed by atoms with Gasteiger partial charge in [-0.05, 0) is 79.9 Å². The number of hydrogen-bond donors (Lipinski definition) is 0. The number of halogens is 4. The zero-order valence-corrected chi connectivity index (χ0v) is 20.0. The Morgan fingerprint density at radius 2 is 1.69 bits per heavy atom. The van der Waals surface area contributed by atoms with Gasteiger partial charge < -0.3 is 9.80 Å². The fraction of sp³-hybridized carbons (Fsp3) is 0.259. The van der Waals surface area contributed by atoms with E-state index in [-0.39, 0.29) is 18.0 Å². The lowest BCUT2D eigenvalue weighted by atomic mass is 9.86. The number of fused-ring (bicyclic) bond motifs is 1. The van der Waals surface area contributed by atoms with Crippen LogP contribution in [0.25, 0.3) is 0 Å². The molecule has 8 heteroatoms. The van der Waals surface area contributed by atoms with E-state index in [0.29, 0.717) is 23.7 Å². The van der Waals surface area contributed by atoms with Crippen LogP contribution in [0.4, 0.5) is 24.5 Å². The highest BCUT2D eigenvalue weighted by Gasteiger charge is 2.36. The summed E-state index contributed by atoms with van der Waals surface area (Å²) in [5.41, 5.74) is 2.27. The Bertz CT molecular complexity index is 1240. The molecule has 1 aliphatic heterocycles. The molecule has 2 amide bonds. The molecule has 1 aliphatic rings. The average molecular weight is 501 g/mol. The fourth-order valence-corrected chi connectivity index (χ4v) is 4.68. The molecule has 3 aromatic rings. The van der Waals surface area contributed by atoms with Crippen LogP contribution in [0.3, 0.4) is 0 Å². The summed E-state index contributed by atoms with van der Waals surface area (Å²) in [5.74, 6) is -0.939. The van der Waals surface area contributed by atoms with Crippen LogP contribution in [0.2, 0.25) is 5.02 Å². The Morgan fingerprint density at radius 3 is 2.29 bits per heavy atom. The van der Waals surface area contributed by atoms with Gasteiger partial charge in [0.05, 0.1) is 17.2 Å². The van der Waals surface area contributed by atoms with Gasteiger partial charge in [0.15, 0.2) is 0 Å². The second-order valence-electron chi connectivity index (χ2n) is 8.44. The second kappa shape index (κ2) is 9.74. The van der Waals surface area contributed by atoms with E-state index < -0.39 is 23.6 Å². The highest BCUT2D eigenvalue weighted by atomic mass is 35.5. The lowest BCUT2D eigenvalue weighted by molar-refractivity contribution is -0.137. The number of amides is 2. The van der Waals surface area contributed by atoms with Gasteiger partial charge in [-0.3, -0.25) is 9.59 Å². The van der Waals surface area contributed by atoms with Crippen LogP contribution < -0.4 is 9.80 Å². The molecule has 0 spiro atoms. The number of anilines is 2. The summed E-state index contributed by atoms with van der Waals surface area (Å²) in [6.45, 7) is 4.49. The molecule has 182 valence electrons. The van der Waals surface area contributed by atoms with Gasteiger partial charge in [0, 0.05) is 29.4 Å². The maximum Gasteiger partial charge on any atom is 0.416 e. The third-order valence-corrected chi connectivity index (χ3v) is 6.53. The SMILES string of the molecule is CCN(C(=O)C1CCN(C(=O)c2ccc(C(F)(F)F)cc2)c2c(C)cccc21)c1ccc(Cl)cc1. The van der Waals surface area contributed by atoms with Crippen molar-refractivity contribution in [3.8, 4) is 0 Å². The molecular formula is C27H24ClF3N2O2. The van der Waals surface area contributed by atoms with Crippen molar-refractivity contribution in [3.63, 3.8) is 0 Å². The molecule has 0 bridgehead atoms. The highest BCUT2D eigenvalue weighted by Crippen LogP contribution is 2.40. The molecule has 4 rings (SSSR count). The van der Waals surface area contributed by atoms with E-state index in [1.807, 2.05) is 32.0 Å². The molecule has 1 heterocycles. The minimum atomic E-state index is -4.47. The van der Waals surface area contributed by atoms with E-state index in [1.54, 1.807) is 34.1 Å². The predicted octanol–water partition coefficient (Wildman–Crippen LogP) is 6.85. The van der Waals surface area contributed by atoms with Crippen molar-refractivity contribution in [1.29, 1.82) is 0 Å². The van der Waals surface area contributed by atoms with Gasteiger partial charge in [-0.25, -0.2) is 0 Å². The molecule has 1 unspecified atom stereocenters. The molecular weight excluding hydrogens is 477 g/mol. The number of nitrogens with zero attached hydrogens (tertiary/aromatic N) is 2. The zero-order valence-electron chi connectivity index (χ0n) is 19.3. The molecule has 3 aromatic carbocycles. The standard InChI is InChI=1S/C27H24ClF3N2O2/c1-3-32(21-13-11-20(28)12-14-21)26(35)23-15-16-33(24-17(2)5-4-6-22(23)24)25(34)18-7-9-19(10-8-18)27(29,30)31/h4-14,23H,3,15-16H2,1-2H3. The first kappa shape index (κ1) is 24.8. The molecule has 0 fully saturated rings. The number of para-hydroxylation sites is 1. The topological polar surface area (TPSA) is 40.6 Å². The van der Waals surface area contributed by atoms with Crippen molar-refractivity contribution in [1.82, 2.24) is 0 Å². The van der Waals surface area contributed by atoms with Crippen LogP contribution in [0.15, 0.2) is 66.7 Å². The van der Waals surface area contributed by atoms with Gasteiger partial charge in [-0.15, -0.1) is 0 Å². The maximum absolute atomic E-state index is 13.6. The Hall–Kier alpha value is -3.32. The number of hydrogen-bond acceptors (Lipinski definition) is 2. The van der Waals surface area contributed by atoms with E-state index >= 15 is 0 Å². The van der Waals surface area contributed by atoms with E-state index in [1.165, 1.54) is 12.1 Å². The average Bonchev–Trinajstić information content (AvgIpc) is 2.84. The van der Waals surface area contributed by atoms with Crippen LogP contribution in [-0.2, 0) is 11.0 Å². The minimum Gasteiger partial charge on any atom is -0.312 e.